The van der Waals surface area contributed by atoms with Crippen molar-refractivity contribution >= 4 is 23.5 Å². The summed E-state index contributed by atoms with van der Waals surface area (Å²) in [6, 6.07) is 5.21. The minimum atomic E-state index is -1.29. The van der Waals surface area contributed by atoms with Crippen LogP contribution in [0.2, 0.25) is 0 Å². The van der Waals surface area contributed by atoms with Gasteiger partial charge in [-0.05, 0) is 31.2 Å². The summed E-state index contributed by atoms with van der Waals surface area (Å²) in [5.41, 5.74) is 0.841. The zero-order valence-electron chi connectivity index (χ0n) is 14.4. The number of anilines is 1. The number of aliphatic carboxylic acids is 1. The van der Waals surface area contributed by atoms with E-state index in [0.717, 1.165) is 0 Å². The fraction of sp³-hybridized carbons (Fsp3) is 0.471. The van der Waals surface area contributed by atoms with E-state index in [2.05, 4.69) is 5.32 Å². The lowest BCUT2D eigenvalue weighted by molar-refractivity contribution is -0.682. The van der Waals surface area contributed by atoms with Crippen molar-refractivity contribution in [3.63, 3.8) is 0 Å². The van der Waals surface area contributed by atoms with Gasteiger partial charge in [0.15, 0.2) is 0 Å². The van der Waals surface area contributed by atoms with Gasteiger partial charge >= 0.3 is 5.97 Å². The number of carboxylic acid groups (broad SMARTS) is 1. The molecule has 0 aliphatic heterocycles. The Kier molecular flexibility index (Phi) is 9.20. The molecule has 0 saturated carbocycles. The van der Waals surface area contributed by atoms with Gasteiger partial charge in [0, 0.05) is 19.2 Å². The molecule has 0 saturated heterocycles. The van der Waals surface area contributed by atoms with E-state index in [-0.39, 0.29) is 13.0 Å². The SMILES string of the molecule is CCOC(=O)c1ccc(NC(=O)C[C@@H]([NH2+]CCCOC)C(=O)[O-])cc1. The number of nitrogens with two attached hydrogens (primary N) is 1. The van der Waals surface area contributed by atoms with Crippen molar-refractivity contribution in [2.24, 2.45) is 0 Å². The molecule has 0 unspecified atom stereocenters. The standard InChI is InChI=1S/C17H24N2O6/c1-3-25-17(23)12-5-7-13(8-6-12)19-15(20)11-14(16(21)22)18-9-4-10-24-2/h5-8,14,18H,3-4,9-11H2,1-2H3,(H,19,20)(H,21,22)/t14-/m1/s1. The molecule has 1 aromatic carbocycles. The van der Waals surface area contributed by atoms with E-state index in [4.69, 9.17) is 9.47 Å². The highest BCUT2D eigenvalue weighted by Gasteiger charge is 2.18. The number of nitrogens with one attached hydrogen (secondary N) is 1. The van der Waals surface area contributed by atoms with Gasteiger partial charge in [0.05, 0.1) is 37.7 Å². The van der Waals surface area contributed by atoms with Crippen molar-refractivity contribution in [3.8, 4) is 0 Å². The molecule has 0 radical (unpaired) electrons. The predicted molar refractivity (Wildman–Crippen MR) is 87.7 cm³/mol. The summed E-state index contributed by atoms with van der Waals surface area (Å²) < 4.78 is 9.76. The van der Waals surface area contributed by atoms with E-state index in [1.54, 1.807) is 31.5 Å². The molecule has 1 amide bonds. The Hall–Kier alpha value is -2.45. The average Bonchev–Trinajstić information content (AvgIpc) is 2.58. The molecular weight excluding hydrogens is 328 g/mol. The third-order valence-electron chi connectivity index (χ3n) is 3.39. The van der Waals surface area contributed by atoms with Gasteiger partial charge < -0.3 is 30.0 Å². The van der Waals surface area contributed by atoms with Gasteiger partial charge in [0.2, 0.25) is 5.91 Å². The minimum absolute atomic E-state index is 0.213. The first kappa shape index (κ1) is 20.6. The number of hydrogen-bond donors (Lipinski definition) is 2. The van der Waals surface area contributed by atoms with E-state index in [1.165, 1.54) is 12.1 Å². The van der Waals surface area contributed by atoms with Gasteiger partial charge in [-0.2, -0.15) is 0 Å². The third kappa shape index (κ3) is 7.77. The zero-order valence-corrected chi connectivity index (χ0v) is 14.4. The van der Waals surface area contributed by atoms with E-state index in [9.17, 15) is 19.5 Å². The molecule has 0 aromatic heterocycles. The quantitative estimate of drug-likeness (QED) is 0.386. The summed E-state index contributed by atoms with van der Waals surface area (Å²) in [6.45, 7) is 3.04. The van der Waals surface area contributed by atoms with Gasteiger partial charge in [0.25, 0.3) is 0 Å². The number of hydrogen-bond acceptors (Lipinski definition) is 6. The van der Waals surface area contributed by atoms with Crippen LogP contribution >= 0.6 is 0 Å². The van der Waals surface area contributed by atoms with Crippen LogP contribution in [0.25, 0.3) is 0 Å². The van der Waals surface area contributed by atoms with Crippen LogP contribution < -0.4 is 15.7 Å². The molecule has 25 heavy (non-hydrogen) atoms. The second kappa shape index (κ2) is 11.2. The van der Waals surface area contributed by atoms with Gasteiger partial charge in [-0.15, -0.1) is 0 Å². The first-order chi connectivity index (χ1) is 12.0. The van der Waals surface area contributed by atoms with Crippen LogP contribution in [0.4, 0.5) is 5.69 Å². The summed E-state index contributed by atoms with van der Waals surface area (Å²) in [6.07, 6.45) is 0.464. The number of amides is 1. The van der Waals surface area contributed by atoms with Gasteiger partial charge in [-0.1, -0.05) is 0 Å². The number of carboxylic acids is 1. The molecule has 0 heterocycles. The second-order valence-electron chi connectivity index (χ2n) is 5.35. The smallest absolute Gasteiger partial charge is 0.338 e. The summed E-state index contributed by atoms with van der Waals surface area (Å²) in [5, 5.41) is 15.3. The number of rotatable bonds is 11. The lowest BCUT2D eigenvalue weighted by Crippen LogP contribution is -2.93. The maximum absolute atomic E-state index is 12.0. The number of carbonyl (C=O) groups excluding carboxylic acids is 3. The van der Waals surface area contributed by atoms with Crippen molar-refractivity contribution in [2.75, 3.05) is 32.2 Å². The Labute approximate surface area is 146 Å². The largest absolute Gasteiger partial charge is 0.544 e. The number of carbonyl (C=O) groups is 3. The molecule has 1 atom stereocenters. The van der Waals surface area contributed by atoms with Gasteiger partial charge in [-0.3, -0.25) is 4.79 Å². The highest BCUT2D eigenvalue weighted by Crippen LogP contribution is 2.11. The molecule has 8 heteroatoms. The van der Waals surface area contributed by atoms with Crippen molar-refractivity contribution in [1.82, 2.24) is 0 Å². The maximum Gasteiger partial charge on any atom is 0.338 e. The van der Waals surface area contributed by atoms with Crippen molar-refractivity contribution in [1.29, 1.82) is 0 Å². The first-order valence-electron chi connectivity index (χ1n) is 8.08. The van der Waals surface area contributed by atoms with Crippen molar-refractivity contribution < 1.29 is 34.3 Å². The molecule has 0 aliphatic rings. The number of benzene rings is 1. The van der Waals surface area contributed by atoms with Crippen LogP contribution in [0.15, 0.2) is 24.3 Å². The monoisotopic (exact) mass is 352 g/mol. The summed E-state index contributed by atoms with van der Waals surface area (Å²) >= 11 is 0. The molecule has 8 nitrogen and oxygen atoms in total. The van der Waals surface area contributed by atoms with E-state index < -0.39 is 23.9 Å². The fourth-order valence-corrected chi connectivity index (χ4v) is 2.13. The molecule has 1 rings (SSSR count). The molecule has 3 N–H and O–H groups in total. The molecular formula is C17H24N2O6. The second-order valence-corrected chi connectivity index (χ2v) is 5.35. The molecule has 0 fully saturated rings. The topological polar surface area (TPSA) is 121 Å². The molecule has 1 aromatic rings. The molecule has 138 valence electrons. The highest BCUT2D eigenvalue weighted by molar-refractivity contribution is 5.94. The van der Waals surface area contributed by atoms with E-state index in [0.29, 0.717) is 30.8 Å². The Morgan fingerprint density at radius 2 is 1.92 bits per heavy atom. The Balaban J connectivity index is 2.53. The zero-order chi connectivity index (χ0) is 18.7. The lowest BCUT2D eigenvalue weighted by atomic mass is 10.1. The highest BCUT2D eigenvalue weighted by atomic mass is 16.5. The molecule has 0 spiro atoms. The Morgan fingerprint density at radius 3 is 2.48 bits per heavy atom. The van der Waals surface area contributed by atoms with Crippen LogP contribution in [0.1, 0.15) is 30.1 Å². The first-order valence-corrected chi connectivity index (χ1v) is 8.08. The van der Waals surface area contributed by atoms with Crippen LogP contribution in [-0.4, -0.2) is 50.8 Å². The third-order valence-corrected chi connectivity index (χ3v) is 3.39. The van der Waals surface area contributed by atoms with Crippen LogP contribution in [0.5, 0.6) is 0 Å². The lowest BCUT2D eigenvalue weighted by Gasteiger charge is -2.16. The summed E-state index contributed by atoms with van der Waals surface area (Å²) in [7, 11) is 1.57. The predicted octanol–water partition coefficient (Wildman–Crippen LogP) is -1.09. The molecule has 0 aliphatic carbocycles. The average molecular weight is 352 g/mol. The summed E-state index contributed by atoms with van der Waals surface area (Å²) in [5.74, 6) is -2.17. The Bertz CT molecular complexity index is 573. The number of quaternary nitrogens is 1. The van der Waals surface area contributed by atoms with Crippen molar-refractivity contribution in [2.45, 2.75) is 25.8 Å². The van der Waals surface area contributed by atoms with Crippen LogP contribution in [0, 0.1) is 0 Å². The normalized spacial score (nSPS) is 11.6. The molecule has 0 bridgehead atoms. The van der Waals surface area contributed by atoms with Gasteiger partial charge in [-0.25, -0.2) is 4.79 Å². The van der Waals surface area contributed by atoms with Crippen LogP contribution in [-0.2, 0) is 19.1 Å². The number of esters is 1. The number of ether oxygens (including phenoxy) is 2. The Morgan fingerprint density at radius 1 is 1.24 bits per heavy atom. The summed E-state index contributed by atoms with van der Waals surface area (Å²) in [4.78, 5) is 34.7. The maximum atomic E-state index is 12.0. The van der Waals surface area contributed by atoms with E-state index >= 15 is 0 Å². The fourth-order valence-electron chi connectivity index (χ4n) is 2.13. The van der Waals surface area contributed by atoms with E-state index in [1.807, 2.05) is 0 Å². The number of methoxy groups -OCH3 is 1. The van der Waals surface area contributed by atoms with Crippen LogP contribution in [0.3, 0.4) is 0 Å². The van der Waals surface area contributed by atoms with Gasteiger partial charge in [0.1, 0.15) is 6.04 Å². The van der Waals surface area contributed by atoms with Crippen molar-refractivity contribution in [3.05, 3.63) is 29.8 Å². The minimum Gasteiger partial charge on any atom is -0.544 e.